The van der Waals surface area contributed by atoms with E-state index in [1.54, 1.807) is 6.92 Å². The van der Waals surface area contributed by atoms with Crippen molar-refractivity contribution in [3.63, 3.8) is 0 Å². The number of benzene rings is 2. The van der Waals surface area contributed by atoms with E-state index in [0.29, 0.717) is 31.1 Å². The standard InChI is InChI=1S/C31H36N2O4S/c1-6-36-30(34)20-24-9-7-8-10-29(24)37-21-22-17-27(26-12-15-33(5)28(26)18-22)23-11-14-32-25(19-23)13-16-38(35)31(2,3)4/h7-12,14-15,17-19H,6,13,16,20-21H2,1-5H3/t38-/m1/s1. The van der Waals surface area contributed by atoms with Gasteiger partial charge >= 0.3 is 5.97 Å². The molecule has 0 saturated heterocycles. The third-order valence-electron chi connectivity index (χ3n) is 6.42. The SMILES string of the molecule is CCOC(=O)Cc1ccccc1OCc1cc(-c2ccnc(CC[S@@](=O)C(C)(C)C)c2)c2ccn(C)c2c1. The molecule has 200 valence electrons. The van der Waals surface area contributed by atoms with Crippen molar-refractivity contribution in [1.29, 1.82) is 0 Å². The largest absolute Gasteiger partial charge is 0.489 e. The number of carbonyl (C=O) groups is 1. The van der Waals surface area contributed by atoms with Crippen molar-refractivity contribution in [2.75, 3.05) is 12.4 Å². The van der Waals surface area contributed by atoms with Crippen LogP contribution < -0.4 is 4.74 Å². The number of ether oxygens (including phenoxy) is 2. The molecule has 0 N–H and O–H groups in total. The van der Waals surface area contributed by atoms with Gasteiger partial charge in [0.2, 0.25) is 0 Å². The van der Waals surface area contributed by atoms with Crippen LogP contribution in [0.15, 0.2) is 67.0 Å². The summed E-state index contributed by atoms with van der Waals surface area (Å²) in [5, 5.41) is 1.15. The van der Waals surface area contributed by atoms with Gasteiger partial charge in [0.05, 0.1) is 13.0 Å². The number of rotatable bonds is 10. The highest BCUT2D eigenvalue weighted by molar-refractivity contribution is 7.86. The minimum Gasteiger partial charge on any atom is -0.489 e. The second-order valence-electron chi connectivity index (χ2n) is 10.3. The Labute approximate surface area is 227 Å². The Hall–Kier alpha value is -3.45. The first-order chi connectivity index (χ1) is 18.2. The minimum atomic E-state index is -0.929. The molecule has 0 aliphatic carbocycles. The molecule has 2 heterocycles. The maximum absolute atomic E-state index is 12.6. The number of nitrogens with zero attached hydrogens (tertiary/aromatic N) is 2. The van der Waals surface area contributed by atoms with E-state index in [9.17, 15) is 9.00 Å². The van der Waals surface area contributed by atoms with E-state index in [-0.39, 0.29) is 17.1 Å². The molecule has 2 aromatic heterocycles. The lowest BCUT2D eigenvalue weighted by atomic mass is 9.99. The highest BCUT2D eigenvalue weighted by atomic mass is 32.2. The van der Waals surface area contributed by atoms with Crippen LogP contribution in [-0.2, 0) is 46.8 Å². The predicted molar refractivity (Wildman–Crippen MR) is 154 cm³/mol. The summed E-state index contributed by atoms with van der Waals surface area (Å²) in [7, 11) is 1.10. The van der Waals surface area contributed by atoms with Gasteiger partial charge in [-0.15, -0.1) is 0 Å². The Balaban J connectivity index is 1.60. The third kappa shape index (κ3) is 6.70. The quantitative estimate of drug-likeness (QED) is 0.234. The molecule has 0 radical (unpaired) electrons. The van der Waals surface area contributed by atoms with Crippen LogP contribution in [0.4, 0.5) is 0 Å². The Bertz CT molecular complexity index is 1450. The van der Waals surface area contributed by atoms with Gasteiger partial charge in [0.25, 0.3) is 0 Å². The van der Waals surface area contributed by atoms with Gasteiger partial charge < -0.3 is 14.0 Å². The van der Waals surface area contributed by atoms with Crippen molar-refractivity contribution in [3.05, 3.63) is 83.8 Å². The molecule has 7 heteroatoms. The number of aryl methyl sites for hydroxylation is 2. The molecule has 0 spiro atoms. The van der Waals surface area contributed by atoms with Gasteiger partial charge in [-0.1, -0.05) is 18.2 Å². The number of carbonyl (C=O) groups excluding carboxylic acids is 1. The lowest BCUT2D eigenvalue weighted by Crippen LogP contribution is -2.25. The van der Waals surface area contributed by atoms with E-state index < -0.39 is 10.8 Å². The molecule has 0 aliphatic rings. The first kappa shape index (κ1) is 27.6. The monoisotopic (exact) mass is 532 g/mol. The molecule has 0 bridgehead atoms. The van der Waals surface area contributed by atoms with Crippen molar-refractivity contribution in [2.45, 2.75) is 51.9 Å². The lowest BCUT2D eigenvalue weighted by Gasteiger charge is -2.17. The molecule has 0 unspecified atom stereocenters. The molecule has 1 atom stereocenters. The molecule has 4 rings (SSSR count). The molecular weight excluding hydrogens is 496 g/mol. The van der Waals surface area contributed by atoms with Crippen molar-refractivity contribution >= 4 is 27.7 Å². The number of fused-ring (bicyclic) bond motifs is 1. The van der Waals surface area contributed by atoms with E-state index >= 15 is 0 Å². The minimum absolute atomic E-state index is 0.173. The zero-order chi connectivity index (χ0) is 27.3. The number of aromatic nitrogens is 2. The zero-order valence-electron chi connectivity index (χ0n) is 22.8. The van der Waals surface area contributed by atoms with Gasteiger partial charge in [-0.25, -0.2) is 0 Å². The first-order valence-corrected chi connectivity index (χ1v) is 14.3. The van der Waals surface area contributed by atoms with Crippen LogP contribution >= 0.6 is 0 Å². The average molecular weight is 533 g/mol. The van der Waals surface area contributed by atoms with E-state index in [0.717, 1.165) is 38.9 Å². The molecule has 2 aromatic carbocycles. The van der Waals surface area contributed by atoms with E-state index in [1.807, 2.05) is 64.3 Å². The summed E-state index contributed by atoms with van der Waals surface area (Å²) >= 11 is 0. The molecule has 4 aromatic rings. The maximum Gasteiger partial charge on any atom is 0.310 e. The highest BCUT2D eigenvalue weighted by Crippen LogP contribution is 2.32. The fraction of sp³-hybridized carbons (Fsp3) is 0.355. The third-order valence-corrected chi connectivity index (χ3v) is 8.36. The number of para-hydroxylation sites is 1. The number of hydrogen-bond donors (Lipinski definition) is 0. The lowest BCUT2D eigenvalue weighted by molar-refractivity contribution is -0.142. The van der Waals surface area contributed by atoms with Crippen LogP contribution in [0.3, 0.4) is 0 Å². The van der Waals surface area contributed by atoms with Crippen LogP contribution in [-0.4, -0.2) is 36.8 Å². The van der Waals surface area contributed by atoms with Gasteiger partial charge in [0.15, 0.2) is 0 Å². The van der Waals surface area contributed by atoms with Crippen molar-refractivity contribution in [3.8, 4) is 16.9 Å². The smallest absolute Gasteiger partial charge is 0.310 e. The summed E-state index contributed by atoms with van der Waals surface area (Å²) in [5.74, 6) is 0.989. The van der Waals surface area contributed by atoms with Gasteiger partial charge in [-0.05, 0) is 80.8 Å². The molecule has 0 aliphatic heterocycles. The molecule has 38 heavy (non-hydrogen) atoms. The summed E-state index contributed by atoms with van der Waals surface area (Å²) in [6.45, 7) is 8.52. The van der Waals surface area contributed by atoms with E-state index in [1.165, 1.54) is 0 Å². The Morgan fingerprint density at radius 3 is 2.63 bits per heavy atom. The van der Waals surface area contributed by atoms with Crippen LogP contribution in [0.5, 0.6) is 5.75 Å². The normalized spacial score (nSPS) is 12.4. The number of pyridine rings is 1. The number of esters is 1. The first-order valence-electron chi connectivity index (χ1n) is 12.9. The van der Waals surface area contributed by atoms with E-state index in [4.69, 9.17) is 9.47 Å². The fourth-order valence-electron chi connectivity index (χ4n) is 4.36. The summed E-state index contributed by atoms with van der Waals surface area (Å²) in [6, 6.07) is 18.1. The molecular formula is C31H36N2O4S. The van der Waals surface area contributed by atoms with Gasteiger partial charge in [0.1, 0.15) is 12.4 Å². The zero-order valence-corrected chi connectivity index (χ0v) is 23.6. The Morgan fingerprint density at radius 1 is 1.08 bits per heavy atom. The average Bonchev–Trinajstić information content (AvgIpc) is 3.26. The summed E-state index contributed by atoms with van der Waals surface area (Å²) in [4.78, 5) is 16.6. The van der Waals surface area contributed by atoms with Crippen molar-refractivity contribution in [2.24, 2.45) is 7.05 Å². The second kappa shape index (κ2) is 11.9. The molecule has 0 fully saturated rings. The highest BCUT2D eigenvalue weighted by Gasteiger charge is 2.19. The van der Waals surface area contributed by atoms with Crippen LogP contribution in [0.1, 0.15) is 44.5 Å². The van der Waals surface area contributed by atoms with Crippen LogP contribution in [0.25, 0.3) is 22.0 Å². The van der Waals surface area contributed by atoms with Gasteiger partial charge in [0, 0.05) is 69.3 Å². The van der Waals surface area contributed by atoms with E-state index in [2.05, 4.69) is 40.0 Å². The molecule has 6 nitrogen and oxygen atoms in total. The maximum atomic E-state index is 12.6. The molecule has 0 amide bonds. The van der Waals surface area contributed by atoms with Crippen LogP contribution in [0, 0.1) is 0 Å². The van der Waals surface area contributed by atoms with Gasteiger partial charge in [-0.3, -0.25) is 14.0 Å². The number of hydrogen-bond acceptors (Lipinski definition) is 5. The summed E-state index contributed by atoms with van der Waals surface area (Å²) < 4.78 is 25.8. The van der Waals surface area contributed by atoms with Gasteiger partial charge in [-0.2, -0.15) is 0 Å². The fourth-order valence-corrected chi connectivity index (χ4v) is 5.36. The topological polar surface area (TPSA) is 70.4 Å². The Kier molecular flexibility index (Phi) is 8.67. The second-order valence-corrected chi connectivity index (χ2v) is 12.7. The molecule has 0 saturated carbocycles. The Morgan fingerprint density at radius 2 is 1.87 bits per heavy atom. The predicted octanol–water partition coefficient (Wildman–Crippen LogP) is 6.01. The summed E-state index contributed by atoms with van der Waals surface area (Å²) in [6.07, 6.45) is 4.72. The summed E-state index contributed by atoms with van der Waals surface area (Å²) in [5.41, 5.74) is 6.02. The van der Waals surface area contributed by atoms with Crippen molar-refractivity contribution < 1.29 is 18.5 Å². The van der Waals surface area contributed by atoms with Crippen LogP contribution in [0.2, 0.25) is 0 Å². The van der Waals surface area contributed by atoms with Crippen molar-refractivity contribution in [1.82, 2.24) is 9.55 Å².